The van der Waals surface area contributed by atoms with Crippen molar-refractivity contribution in [3.8, 4) is 0 Å². The average molecular weight is 226 g/mol. The van der Waals surface area contributed by atoms with Gasteiger partial charge >= 0.3 is 0 Å². The van der Waals surface area contributed by atoms with Crippen LogP contribution in [0.15, 0.2) is 12.2 Å². The molecule has 16 heavy (non-hydrogen) atoms. The van der Waals surface area contributed by atoms with E-state index in [1.54, 1.807) is 0 Å². The fourth-order valence-corrected chi connectivity index (χ4v) is 1.69. The van der Waals surface area contributed by atoms with Crippen molar-refractivity contribution >= 4 is 5.91 Å². The Hall–Kier alpha value is -0.870. The molecule has 0 unspecified atom stereocenters. The lowest BCUT2D eigenvalue weighted by Crippen LogP contribution is -2.47. The third-order valence-electron chi connectivity index (χ3n) is 2.52. The molecule has 1 amide bonds. The first-order chi connectivity index (χ1) is 7.70. The maximum atomic E-state index is 11.6. The minimum atomic E-state index is -0.00473. The molecule has 1 rings (SSSR count). The Morgan fingerprint density at radius 1 is 1.56 bits per heavy atom. The van der Waals surface area contributed by atoms with E-state index in [2.05, 4.69) is 17.2 Å². The van der Waals surface area contributed by atoms with E-state index >= 15 is 0 Å². The molecule has 0 radical (unpaired) electrons. The Kier molecular flexibility index (Phi) is 6.11. The molecule has 1 heterocycles. The number of hydrogen-bond acceptors (Lipinski definition) is 3. The second-order valence-electron chi connectivity index (χ2n) is 4.30. The third kappa shape index (κ3) is 5.28. The van der Waals surface area contributed by atoms with Gasteiger partial charge in [0.25, 0.3) is 0 Å². The molecule has 1 aliphatic heterocycles. The number of carbonyl (C=O) groups is 1. The van der Waals surface area contributed by atoms with Gasteiger partial charge in [-0.15, -0.1) is 0 Å². The van der Waals surface area contributed by atoms with Gasteiger partial charge in [-0.25, -0.2) is 0 Å². The second kappa shape index (κ2) is 7.41. The van der Waals surface area contributed by atoms with Crippen LogP contribution in [0.5, 0.6) is 0 Å². The number of rotatable bonds is 6. The molecule has 1 fully saturated rings. The second-order valence-corrected chi connectivity index (χ2v) is 4.30. The van der Waals surface area contributed by atoms with Crippen LogP contribution in [0.4, 0.5) is 0 Å². The fourth-order valence-electron chi connectivity index (χ4n) is 1.69. The Labute approximate surface area is 97.4 Å². The Morgan fingerprint density at radius 3 is 3.00 bits per heavy atom. The van der Waals surface area contributed by atoms with Crippen molar-refractivity contribution in [2.24, 2.45) is 0 Å². The molecule has 0 aliphatic carbocycles. The van der Waals surface area contributed by atoms with Crippen LogP contribution in [-0.2, 0) is 9.53 Å². The molecule has 0 aromatic rings. The molecule has 0 spiro atoms. The van der Waals surface area contributed by atoms with Gasteiger partial charge in [-0.05, 0) is 26.3 Å². The lowest BCUT2D eigenvalue weighted by Gasteiger charge is -2.22. The van der Waals surface area contributed by atoms with Crippen LogP contribution in [0.1, 0.15) is 26.2 Å². The summed E-state index contributed by atoms with van der Waals surface area (Å²) in [5.41, 5.74) is 1.00. The maximum absolute atomic E-state index is 11.6. The van der Waals surface area contributed by atoms with Gasteiger partial charge in [-0.3, -0.25) is 4.79 Å². The summed E-state index contributed by atoms with van der Waals surface area (Å²) < 4.78 is 5.30. The summed E-state index contributed by atoms with van der Waals surface area (Å²) in [5.74, 6) is 0.0959. The summed E-state index contributed by atoms with van der Waals surface area (Å²) in [7, 11) is 0. The van der Waals surface area contributed by atoms with Crippen LogP contribution < -0.4 is 10.6 Å². The number of hydrogen-bond donors (Lipinski definition) is 2. The van der Waals surface area contributed by atoms with Gasteiger partial charge in [-0.1, -0.05) is 18.6 Å². The quantitative estimate of drug-likeness (QED) is 0.521. The normalized spacial score (nSPS) is 20.4. The summed E-state index contributed by atoms with van der Waals surface area (Å²) in [5, 5.41) is 6.08. The fraction of sp³-hybridized carbons (Fsp3) is 0.750. The lowest BCUT2D eigenvalue weighted by atomic mass is 10.0. The lowest BCUT2D eigenvalue weighted by molar-refractivity contribution is -0.123. The highest BCUT2D eigenvalue weighted by atomic mass is 16.5. The zero-order valence-electron chi connectivity index (χ0n) is 10.1. The highest BCUT2D eigenvalue weighted by Gasteiger charge is 2.19. The van der Waals surface area contributed by atoms with Crippen LogP contribution in [0.3, 0.4) is 0 Å². The molecule has 92 valence electrons. The van der Waals surface area contributed by atoms with Crippen LogP contribution in [0.25, 0.3) is 0 Å². The number of amides is 1. The topological polar surface area (TPSA) is 50.4 Å². The molecular weight excluding hydrogens is 204 g/mol. The van der Waals surface area contributed by atoms with E-state index in [-0.39, 0.29) is 11.9 Å². The predicted octanol–water partition coefficient (Wildman–Crippen LogP) is 0.837. The number of nitrogens with one attached hydrogen (secondary N) is 2. The Balaban J connectivity index is 2.03. The van der Waals surface area contributed by atoms with Crippen LogP contribution in [-0.4, -0.2) is 38.3 Å². The smallest absolute Gasteiger partial charge is 0.237 e. The van der Waals surface area contributed by atoms with Gasteiger partial charge in [0.1, 0.15) is 0 Å². The molecule has 1 saturated heterocycles. The van der Waals surface area contributed by atoms with E-state index in [0.717, 1.165) is 25.0 Å². The highest BCUT2D eigenvalue weighted by Crippen LogP contribution is 2.06. The highest BCUT2D eigenvalue weighted by molar-refractivity contribution is 5.81. The van der Waals surface area contributed by atoms with E-state index in [1.807, 2.05) is 6.92 Å². The number of carbonyl (C=O) groups excluding carboxylic acids is 1. The van der Waals surface area contributed by atoms with Crippen molar-refractivity contribution < 1.29 is 9.53 Å². The van der Waals surface area contributed by atoms with E-state index in [9.17, 15) is 4.79 Å². The summed E-state index contributed by atoms with van der Waals surface area (Å²) in [6.45, 7) is 8.30. The number of ether oxygens (including phenoxy) is 1. The monoisotopic (exact) mass is 226 g/mol. The predicted molar refractivity (Wildman–Crippen MR) is 64.3 cm³/mol. The van der Waals surface area contributed by atoms with Gasteiger partial charge in [0, 0.05) is 6.54 Å². The van der Waals surface area contributed by atoms with Gasteiger partial charge in [0.2, 0.25) is 5.91 Å². The van der Waals surface area contributed by atoms with Crippen molar-refractivity contribution in [1.29, 1.82) is 0 Å². The first-order valence-corrected chi connectivity index (χ1v) is 5.93. The van der Waals surface area contributed by atoms with Crippen molar-refractivity contribution in [3.63, 3.8) is 0 Å². The summed E-state index contributed by atoms with van der Waals surface area (Å²) in [6, 6.07) is -0.00473. The Morgan fingerprint density at radius 2 is 2.38 bits per heavy atom. The maximum Gasteiger partial charge on any atom is 0.237 e. The van der Waals surface area contributed by atoms with Gasteiger partial charge in [-0.2, -0.15) is 0 Å². The zero-order valence-corrected chi connectivity index (χ0v) is 10.1. The zero-order chi connectivity index (χ0) is 11.8. The van der Waals surface area contributed by atoms with Gasteiger partial charge in [0.05, 0.1) is 19.3 Å². The first kappa shape index (κ1) is 13.2. The summed E-state index contributed by atoms with van der Waals surface area (Å²) >= 11 is 0. The van der Waals surface area contributed by atoms with E-state index < -0.39 is 0 Å². The molecule has 0 aromatic carbocycles. The minimum Gasteiger partial charge on any atom is -0.375 e. The van der Waals surface area contributed by atoms with Crippen LogP contribution in [0.2, 0.25) is 0 Å². The van der Waals surface area contributed by atoms with Gasteiger partial charge in [0.15, 0.2) is 0 Å². The van der Waals surface area contributed by atoms with Crippen molar-refractivity contribution in [2.45, 2.75) is 32.2 Å². The van der Waals surface area contributed by atoms with Crippen molar-refractivity contribution in [3.05, 3.63) is 12.2 Å². The molecule has 4 nitrogen and oxygen atoms in total. The van der Waals surface area contributed by atoms with Crippen LogP contribution >= 0.6 is 0 Å². The van der Waals surface area contributed by atoms with E-state index in [4.69, 9.17) is 4.74 Å². The van der Waals surface area contributed by atoms with Crippen molar-refractivity contribution in [1.82, 2.24) is 10.6 Å². The summed E-state index contributed by atoms with van der Waals surface area (Å²) in [4.78, 5) is 11.6. The Bertz CT molecular complexity index is 235. The largest absolute Gasteiger partial charge is 0.375 e. The molecule has 1 aliphatic rings. The standard InChI is InChI=1S/C12H22N2O2/c1-10(2)9-16-8-7-14-12(15)11-5-3-4-6-13-11/h11,13H,1,3-9H2,2H3,(H,14,15)/t11-/m1/s1. The van der Waals surface area contributed by atoms with Gasteiger partial charge < -0.3 is 15.4 Å². The molecular formula is C12H22N2O2. The van der Waals surface area contributed by atoms with Crippen LogP contribution in [0, 0.1) is 0 Å². The van der Waals surface area contributed by atoms with Crippen molar-refractivity contribution in [2.75, 3.05) is 26.3 Å². The molecule has 0 bridgehead atoms. The first-order valence-electron chi connectivity index (χ1n) is 5.93. The van der Waals surface area contributed by atoms with E-state index in [1.165, 1.54) is 6.42 Å². The molecule has 0 aromatic heterocycles. The average Bonchev–Trinajstić information content (AvgIpc) is 2.29. The van der Waals surface area contributed by atoms with E-state index in [0.29, 0.717) is 19.8 Å². The molecule has 2 N–H and O–H groups in total. The molecule has 0 saturated carbocycles. The molecule has 1 atom stereocenters. The minimum absolute atomic E-state index is 0.00473. The SMILES string of the molecule is C=C(C)COCCNC(=O)[C@H]1CCCCN1. The summed E-state index contributed by atoms with van der Waals surface area (Å²) in [6.07, 6.45) is 3.25. The molecule has 4 heteroatoms. The number of piperidine rings is 1. The third-order valence-corrected chi connectivity index (χ3v) is 2.52.